The number of unbranched alkanes of at least 4 members (excludes halogenated alkanes) is 1. The van der Waals surface area contributed by atoms with Crippen LogP contribution in [-0.2, 0) is 52.6 Å². The maximum atomic E-state index is 12.1. The first-order chi connectivity index (χ1) is 19.3. The number of aldehydes is 1. The largest absolute Gasteiger partial charge is 0.535 e. The summed E-state index contributed by atoms with van der Waals surface area (Å²) in [5.41, 5.74) is 1.90. The normalized spacial score (nSPS) is 20.7. The predicted octanol–water partition coefficient (Wildman–Crippen LogP) is 2.16. The Labute approximate surface area is 231 Å². The monoisotopic (exact) mass is 574 g/mol. The van der Waals surface area contributed by atoms with Crippen molar-refractivity contribution in [3.63, 3.8) is 0 Å². The third-order valence-electron chi connectivity index (χ3n) is 6.05. The molecule has 226 valence electrons. The second-order valence-electron chi connectivity index (χ2n) is 9.53. The van der Waals surface area contributed by atoms with Crippen LogP contribution in [0.3, 0.4) is 0 Å². The Morgan fingerprint density at radius 3 is 2.33 bits per heavy atom. The Morgan fingerprint density at radius 2 is 1.68 bits per heavy atom. The van der Waals surface area contributed by atoms with E-state index in [4.69, 9.17) is 28.6 Å². The van der Waals surface area contributed by atoms with Crippen molar-refractivity contribution in [2.24, 2.45) is 17.8 Å². The third-order valence-corrected chi connectivity index (χ3v) is 6.05. The molecule has 1 saturated carbocycles. The SMILES string of the molecule is CCCCOC(=O)COC[C@@H]1C[C@H](COC(=O)ONC(=O)CCC=O)C[C@H](COC(=O)ON2OCCCC2=O)C1. The summed E-state index contributed by atoms with van der Waals surface area (Å²) in [6, 6.07) is 0. The van der Waals surface area contributed by atoms with Gasteiger partial charge in [-0.25, -0.2) is 19.2 Å². The highest BCUT2D eigenvalue weighted by Crippen LogP contribution is 2.34. The topological polar surface area (TPSA) is 182 Å². The van der Waals surface area contributed by atoms with Crippen LogP contribution in [0.15, 0.2) is 0 Å². The van der Waals surface area contributed by atoms with E-state index in [1.165, 1.54) is 0 Å². The minimum absolute atomic E-state index is 0.00932. The average Bonchev–Trinajstić information content (AvgIpc) is 2.94. The van der Waals surface area contributed by atoms with Gasteiger partial charge in [0.1, 0.15) is 12.9 Å². The molecule has 2 amide bonds. The Bertz CT molecular complexity index is 853. The molecule has 3 atom stereocenters. The van der Waals surface area contributed by atoms with E-state index in [1.807, 2.05) is 12.4 Å². The fourth-order valence-corrected chi connectivity index (χ4v) is 4.24. The summed E-state index contributed by atoms with van der Waals surface area (Å²) < 4.78 is 20.9. The van der Waals surface area contributed by atoms with Crippen LogP contribution in [0.25, 0.3) is 0 Å². The van der Waals surface area contributed by atoms with E-state index in [1.54, 1.807) is 0 Å². The molecule has 1 saturated heterocycles. The lowest BCUT2D eigenvalue weighted by molar-refractivity contribution is -0.327. The zero-order valence-corrected chi connectivity index (χ0v) is 22.7. The van der Waals surface area contributed by atoms with E-state index in [-0.39, 0.29) is 70.1 Å². The first-order valence-electron chi connectivity index (χ1n) is 13.4. The maximum Gasteiger partial charge on any atom is 0.535 e. The van der Waals surface area contributed by atoms with Gasteiger partial charge in [0.25, 0.3) is 11.8 Å². The quantitative estimate of drug-likeness (QED) is 0.0988. The number of ether oxygens (including phenoxy) is 4. The molecule has 0 aromatic carbocycles. The third kappa shape index (κ3) is 13.6. The highest BCUT2D eigenvalue weighted by molar-refractivity contribution is 5.78. The fourth-order valence-electron chi connectivity index (χ4n) is 4.24. The zero-order chi connectivity index (χ0) is 29.2. The predicted molar refractivity (Wildman–Crippen MR) is 131 cm³/mol. The van der Waals surface area contributed by atoms with Crippen molar-refractivity contribution in [2.75, 3.05) is 39.6 Å². The van der Waals surface area contributed by atoms with E-state index in [2.05, 4.69) is 4.84 Å². The van der Waals surface area contributed by atoms with Crippen LogP contribution in [0.2, 0.25) is 0 Å². The lowest BCUT2D eigenvalue weighted by Gasteiger charge is -2.34. The minimum Gasteiger partial charge on any atom is -0.464 e. The van der Waals surface area contributed by atoms with Gasteiger partial charge in [0.15, 0.2) is 0 Å². The Morgan fingerprint density at radius 1 is 1.00 bits per heavy atom. The molecule has 1 heterocycles. The number of nitrogens with zero attached hydrogens (tertiary/aromatic N) is 1. The van der Waals surface area contributed by atoms with Gasteiger partial charge in [-0.1, -0.05) is 13.3 Å². The van der Waals surface area contributed by atoms with Crippen LogP contribution in [0.1, 0.15) is 64.7 Å². The van der Waals surface area contributed by atoms with Gasteiger partial charge in [0.2, 0.25) is 0 Å². The Kier molecular flexibility index (Phi) is 15.4. The molecule has 0 aromatic rings. The van der Waals surface area contributed by atoms with Crippen LogP contribution >= 0.6 is 0 Å². The molecule has 0 spiro atoms. The molecule has 0 aromatic heterocycles. The van der Waals surface area contributed by atoms with E-state index in [9.17, 15) is 28.8 Å². The summed E-state index contributed by atoms with van der Waals surface area (Å²) in [7, 11) is 0. The summed E-state index contributed by atoms with van der Waals surface area (Å²) in [6.07, 6.45) is 2.29. The highest BCUT2D eigenvalue weighted by atomic mass is 17.0. The van der Waals surface area contributed by atoms with Gasteiger partial charge < -0.3 is 28.6 Å². The van der Waals surface area contributed by atoms with Crippen molar-refractivity contribution < 1.29 is 62.2 Å². The van der Waals surface area contributed by atoms with Gasteiger partial charge in [-0.15, -0.1) is 0 Å². The molecule has 15 nitrogen and oxygen atoms in total. The van der Waals surface area contributed by atoms with Crippen molar-refractivity contribution in [2.45, 2.75) is 64.7 Å². The summed E-state index contributed by atoms with van der Waals surface area (Å²) in [6.45, 7) is 2.50. The van der Waals surface area contributed by atoms with E-state index < -0.39 is 30.1 Å². The summed E-state index contributed by atoms with van der Waals surface area (Å²) in [5.74, 6) is -1.99. The highest BCUT2D eigenvalue weighted by Gasteiger charge is 2.32. The molecule has 2 fully saturated rings. The average molecular weight is 575 g/mol. The van der Waals surface area contributed by atoms with Crippen molar-refractivity contribution in [3.8, 4) is 0 Å². The second-order valence-corrected chi connectivity index (χ2v) is 9.53. The molecule has 0 bridgehead atoms. The number of carbonyl (C=O) groups is 6. The number of hydrogen-bond donors (Lipinski definition) is 1. The van der Waals surface area contributed by atoms with Crippen LogP contribution in [-0.4, -0.2) is 81.2 Å². The number of rotatable bonds is 15. The number of carbonyl (C=O) groups excluding carboxylic acids is 6. The summed E-state index contributed by atoms with van der Waals surface area (Å²) in [5, 5.41) is 0.517. The van der Waals surface area contributed by atoms with Gasteiger partial charge in [0, 0.05) is 19.3 Å². The molecule has 1 N–H and O–H groups in total. The molecular formula is C25H38N2O13. The smallest absolute Gasteiger partial charge is 0.464 e. The lowest BCUT2D eigenvalue weighted by atomic mass is 9.76. The molecule has 0 unspecified atom stereocenters. The van der Waals surface area contributed by atoms with Crippen molar-refractivity contribution in [3.05, 3.63) is 0 Å². The molecular weight excluding hydrogens is 536 g/mol. The molecule has 1 aliphatic heterocycles. The van der Waals surface area contributed by atoms with Gasteiger partial charge in [0.05, 0.1) is 33.0 Å². The Balaban J connectivity index is 1.83. The number of hydroxylamine groups is 3. The first-order valence-corrected chi connectivity index (χ1v) is 13.4. The molecule has 15 heteroatoms. The molecule has 40 heavy (non-hydrogen) atoms. The van der Waals surface area contributed by atoms with Crippen LogP contribution in [0.5, 0.6) is 0 Å². The Hall–Kier alpha value is -3.46. The zero-order valence-electron chi connectivity index (χ0n) is 22.7. The van der Waals surface area contributed by atoms with Crippen molar-refractivity contribution in [1.29, 1.82) is 0 Å². The lowest BCUT2D eigenvalue weighted by Crippen LogP contribution is -2.38. The second kappa shape index (κ2) is 18.8. The van der Waals surface area contributed by atoms with Gasteiger partial charge in [-0.3, -0.25) is 14.4 Å². The first kappa shape index (κ1) is 32.8. The van der Waals surface area contributed by atoms with Crippen LogP contribution < -0.4 is 5.48 Å². The standard InChI is InChI=1S/C25H38N2O13/c1-2-3-9-35-23(31)17-34-14-18-11-19(15-36-24(32)39-26-21(29)6-4-8-28)13-20(12-18)16-37-25(33)40-27-22(30)7-5-10-38-27/h8,18-20H,2-7,9-17H2,1H3,(H,26,29)/t18-,19+,20-/m1/s1. The van der Waals surface area contributed by atoms with E-state index in [0.717, 1.165) is 12.8 Å². The maximum absolute atomic E-state index is 12.1. The number of amides is 2. The molecule has 2 aliphatic rings. The molecule has 0 radical (unpaired) electrons. The number of esters is 1. The molecule has 1 aliphatic carbocycles. The summed E-state index contributed by atoms with van der Waals surface area (Å²) in [4.78, 5) is 83.7. The number of nitrogens with one attached hydrogen (secondary N) is 1. The fraction of sp³-hybridized carbons (Fsp3) is 0.760. The van der Waals surface area contributed by atoms with E-state index >= 15 is 0 Å². The van der Waals surface area contributed by atoms with Crippen molar-refractivity contribution in [1.82, 2.24) is 10.7 Å². The minimum atomic E-state index is -1.12. The molecule has 2 rings (SSSR count). The van der Waals surface area contributed by atoms with Gasteiger partial charge >= 0.3 is 18.3 Å². The van der Waals surface area contributed by atoms with Crippen LogP contribution in [0, 0.1) is 17.8 Å². The summed E-state index contributed by atoms with van der Waals surface area (Å²) >= 11 is 0. The van der Waals surface area contributed by atoms with Crippen molar-refractivity contribution >= 4 is 36.4 Å². The van der Waals surface area contributed by atoms with E-state index in [0.29, 0.717) is 43.8 Å². The van der Waals surface area contributed by atoms with Gasteiger partial charge in [-0.2, -0.15) is 5.48 Å². The number of hydrogen-bond acceptors (Lipinski definition) is 13. The van der Waals surface area contributed by atoms with Gasteiger partial charge in [-0.05, 0) is 55.1 Å². The van der Waals surface area contributed by atoms with Crippen LogP contribution in [0.4, 0.5) is 9.59 Å².